The van der Waals surface area contributed by atoms with Gasteiger partial charge in [0.1, 0.15) is 39.4 Å². The molecule has 1 saturated carbocycles. The van der Waals surface area contributed by atoms with Crippen molar-refractivity contribution in [2.75, 3.05) is 6.61 Å². The second-order valence-electron chi connectivity index (χ2n) is 10.0. The number of aliphatic hydroxyl groups is 4. The molecular weight excluding hydrogens is 591 g/mol. The van der Waals surface area contributed by atoms with Gasteiger partial charge in [-0.05, 0) is 25.0 Å². The van der Waals surface area contributed by atoms with Crippen molar-refractivity contribution < 1.29 is 43.1 Å². The molecule has 2 fully saturated rings. The van der Waals surface area contributed by atoms with Crippen LogP contribution in [0, 0.1) is 17.5 Å². The maximum atomic E-state index is 14.0. The number of amides is 1. The SMILES string of the molecule is O=C(C1OC(CO)C(O)C(n2cc(-c3cc(F)c(F)c(F)c3)nn2)C1O)N(Cc1ncc(Cl)s1)[C@H]1CCCC[C@@H]1O. The quantitative estimate of drug-likeness (QED) is 0.291. The highest BCUT2D eigenvalue weighted by Gasteiger charge is 2.51. The van der Waals surface area contributed by atoms with Crippen molar-refractivity contribution in [1.82, 2.24) is 24.9 Å². The Kier molecular flexibility index (Phi) is 8.94. The van der Waals surface area contributed by atoms with Gasteiger partial charge in [-0.1, -0.05) is 29.7 Å². The van der Waals surface area contributed by atoms with E-state index in [1.807, 2.05) is 0 Å². The second-order valence-corrected chi connectivity index (χ2v) is 11.8. The smallest absolute Gasteiger partial charge is 0.255 e. The molecule has 41 heavy (non-hydrogen) atoms. The molecule has 7 atom stereocenters. The fourth-order valence-electron chi connectivity index (χ4n) is 5.36. The number of aliphatic hydroxyl groups excluding tert-OH is 4. The largest absolute Gasteiger partial charge is 0.394 e. The number of hydrogen-bond donors (Lipinski definition) is 4. The van der Waals surface area contributed by atoms with Crippen LogP contribution in [0.5, 0.6) is 0 Å². The van der Waals surface area contributed by atoms with Crippen molar-refractivity contribution in [2.24, 2.45) is 0 Å². The van der Waals surface area contributed by atoms with Gasteiger partial charge in [0, 0.05) is 5.56 Å². The van der Waals surface area contributed by atoms with Crippen molar-refractivity contribution >= 4 is 28.8 Å². The summed E-state index contributed by atoms with van der Waals surface area (Å²) in [4.78, 5) is 19.6. The summed E-state index contributed by atoms with van der Waals surface area (Å²) >= 11 is 7.18. The first-order valence-corrected chi connectivity index (χ1v) is 14.1. The van der Waals surface area contributed by atoms with Crippen LogP contribution in [-0.2, 0) is 16.1 Å². The molecule has 3 aromatic rings. The van der Waals surface area contributed by atoms with Crippen molar-refractivity contribution in [3.63, 3.8) is 0 Å². The highest BCUT2D eigenvalue weighted by molar-refractivity contribution is 7.15. The minimum absolute atomic E-state index is 0.0310. The number of benzene rings is 1. The first-order chi connectivity index (χ1) is 19.6. The number of aromatic nitrogens is 4. The van der Waals surface area contributed by atoms with E-state index in [1.54, 1.807) is 0 Å². The summed E-state index contributed by atoms with van der Waals surface area (Å²) in [6.45, 7) is -0.755. The lowest BCUT2D eigenvalue weighted by Crippen LogP contribution is -2.62. The molecule has 16 heteroatoms. The number of halogens is 4. The molecule has 222 valence electrons. The van der Waals surface area contributed by atoms with E-state index in [0.29, 0.717) is 34.3 Å². The summed E-state index contributed by atoms with van der Waals surface area (Å²) in [5.74, 6) is -5.26. The van der Waals surface area contributed by atoms with E-state index >= 15 is 0 Å². The lowest BCUT2D eigenvalue weighted by Gasteiger charge is -2.45. The zero-order valence-electron chi connectivity index (χ0n) is 21.4. The van der Waals surface area contributed by atoms with Crippen LogP contribution in [0.15, 0.2) is 24.5 Å². The zero-order valence-corrected chi connectivity index (χ0v) is 22.9. The number of rotatable bonds is 7. The third kappa shape index (κ3) is 5.98. The van der Waals surface area contributed by atoms with Crippen LogP contribution in [0.2, 0.25) is 4.34 Å². The fourth-order valence-corrected chi connectivity index (χ4v) is 6.32. The fraction of sp³-hybridized carbons (Fsp3) is 0.520. The molecule has 0 radical (unpaired) electrons. The van der Waals surface area contributed by atoms with Crippen LogP contribution in [0.25, 0.3) is 11.3 Å². The van der Waals surface area contributed by atoms with E-state index in [0.717, 1.165) is 35.1 Å². The van der Waals surface area contributed by atoms with E-state index in [9.17, 15) is 38.4 Å². The average Bonchev–Trinajstić information content (AvgIpc) is 3.60. The molecule has 1 aliphatic heterocycles. The standard InChI is InChI=1S/C25H27ClF3N5O6S/c26-18-7-30-19(41-18)9-33(15-3-1-2-4-16(15)36)25(39)24-23(38)21(22(37)17(10-35)40-24)34-8-14(31-32-34)11-5-12(27)20(29)13(28)6-11/h5-8,15-17,21-24,35-38H,1-4,9-10H2/t15-,16-,17?,21?,22?,23?,24?/m0/s1. The first-order valence-electron chi connectivity index (χ1n) is 12.9. The van der Waals surface area contributed by atoms with Gasteiger partial charge in [-0.2, -0.15) is 0 Å². The number of hydrogen-bond acceptors (Lipinski definition) is 10. The van der Waals surface area contributed by atoms with Gasteiger partial charge in [0.15, 0.2) is 23.6 Å². The van der Waals surface area contributed by atoms with Gasteiger partial charge in [0.2, 0.25) is 0 Å². The number of nitrogens with zero attached hydrogens (tertiary/aromatic N) is 5. The van der Waals surface area contributed by atoms with Crippen molar-refractivity contribution in [3.8, 4) is 11.3 Å². The molecule has 1 aromatic carbocycles. The normalized spacial score (nSPS) is 28.5. The predicted octanol–water partition coefficient (Wildman–Crippen LogP) is 1.83. The van der Waals surface area contributed by atoms with E-state index in [2.05, 4.69) is 15.3 Å². The molecule has 1 aliphatic carbocycles. The topological polar surface area (TPSA) is 154 Å². The van der Waals surface area contributed by atoms with Gasteiger partial charge in [0.05, 0.1) is 37.7 Å². The van der Waals surface area contributed by atoms with Crippen LogP contribution in [0.4, 0.5) is 13.2 Å². The Hall–Kier alpha value is -2.66. The summed E-state index contributed by atoms with van der Waals surface area (Å²) in [5, 5.41) is 51.1. The Morgan fingerprint density at radius 1 is 1.15 bits per heavy atom. The van der Waals surface area contributed by atoms with Gasteiger partial charge in [-0.3, -0.25) is 4.79 Å². The summed E-state index contributed by atoms with van der Waals surface area (Å²) in [5.41, 5.74) is -0.265. The maximum Gasteiger partial charge on any atom is 0.255 e. The third-order valence-corrected chi connectivity index (χ3v) is 8.54. The molecular formula is C25H27ClF3N5O6S. The highest BCUT2D eigenvalue weighted by Crippen LogP contribution is 2.34. The molecule has 3 heterocycles. The number of thiazole rings is 1. The Labute approximate surface area is 240 Å². The average molecular weight is 618 g/mol. The summed E-state index contributed by atoms with van der Waals surface area (Å²) in [6, 6.07) is -0.581. The monoisotopic (exact) mass is 617 g/mol. The molecule has 2 aliphatic rings. The molecule has 1 saturated heterocycles. The highest BCUT2D eigenvalue weighted by atomic mass is 35.5. The van der Waals surface area contributed by atoms with Crippen LogP contribution >= 0.6 is 22.9 Å². The van der Waals surface area contributed by atoms with Gasteiger partial charge in [-0.25, -0.2) is 22.8 Å². The molecule has 4 N–H and O–H groups in total. The first kappa shape index (κ1) is 29.8. The Morgan fingerprint density at radius 2 is 1.85 bits per heavy atom. The van der Waals surface area contributed by atoms with Crippen LogP contribution in [-0.4, -0.2) is 94.4 Å². The van der Waals surface area contributed by atoms with E-state index in [-0.39, 0.29) is 17.8 Å². The van der Waals surface area contributed by atoms with Crippen molar-refractivity contribution in [2.45, 2.75) is 74.8 Å². The molecule has 5 unspecified atom stereocenters. The van der Waals surface area contributed by atoms with Crippen molar-refractivity contribution in [1.29, 1.82) is 0 Å². The Balaban J connectivity index is 1.46. The number of ether oxygens (including phenoxy) is 1. The van der Waals surface area contributed by atoms with E-state index < -0.39 is 72.6 Å². The van der Waals surface area contributed by atoms with Gasteiger partial charge in [-0.15, -0.1) is 16.4 Å². The predicted molar refractivity (Wildman–Crippen MR) is 138 cm³/mol. The zero-order chi connectivity index (χ0) is 29.4. The maximum absolute atomic E-state index is 14.0. The minimum Gasteiger partial charge on any atom is -0.394 e. The summed E-state index contributed by atoms with van der Waals surface area (Å²) in [6.07, 6.45) is -2.02. The third-order valence-electron chi connectivity index (χ3n) is 7.44. The van der Waals surface area contributed by atoms with Gasteiger partial charge in [0.25, 0.3) is 5.91 Å². The van der Waals surface area contributed by atoms with Gasteiger partial charge < -0.3 is 30.1 Å². The molecule has 0 bridgehead atoms. The summed E-state index contributed by atoms with van der Waals surface area (Å²) in [7, 11) is 0. The van der Waals surface area contributed by atoms with Crippen molar-refractivity contribution in [3.05, 3.63) is 51.3 Å². The van der Waals surface area contributed by atoms with Crippen LogP contribution < -0.4 is 0 Å². The van der Waals surface area contributed by atoms with Gasteiger partial charge >= 0.3 is 0 Å². The Bertz CT molecular complexity index is 1370. The summed E-state index contributed by atoms with van der Waals surface area (Å²) < 4.78 is 48.1. The number of carbonyl (C=O) groups is 1. The lowest BCUT2D eigenvalue weighted by molar-refractivity contribution is -0.214. The van der Waals surface area contributed by atoms with Crippen LogP contribution in [0.1, 0.15) is 36.7 Å². The molecule has 5 rings (SSSR count). The molecule has 1 amide bonds. The van der Waals surface area contributed by atoms with Crippen LogP contribution in [0.3, 0.4) is 0 Å². The second kappa shape index (κ2) is 12.3. The molecule has 11 nitrogen and oxygen atoms in total. The lowest BCUT2D eigenvalue weighted by atomic mass is 9.89. The molecule has 0 spiro atoms. The van der Waals surface area contributed by atoms with E-state index in [4.69, 9.17) is 16.3 Å². The molecule has 2 aromatic heterocycles. The number of carbonyl (C=O) groups excluding carboxylic acids is 1. The van der Waals surface area contributed by atoms with E-state index in [1.165, 1.54) is 11.1 Å². The minimum atomic E-state index is -1.74. The Morgan fingerprint density at radius 3 is 2.49 bits per heavy atom.